The fourth-order valence-electron chi connectivity index (χ4n) is 2.72. The highest BCUT2D eigenvalue weighted by Gasteiger charge is 2.07. The highest BCUT2D eigenvalue weighted by atomic mass is 16.2. The van der Waals surface area contributed by atoms with Crippen LogP contribution in [0.15, 0.2) is 48.8 Å². The van der Waals surface area contributed by atoms with Gasteiger partial charge < -0.3 is 5.32 Å². The van der Waals surface area contributed by atoms with Gasteiger partial charge in [0, 0.05) is 23.6 Å². The van der Waals surface area contributed by atoms with E-state index in [1.165, 1.54) is 56.5 Å². The van der Waals surface area contributed by atoms with Crippen LogP contribution in [0.25, 0.3) is 0 Å². The zero-order valence-electron chi connectivity index (χ0n) is 15.8. The highest BCUT2D eigenvalue weighted by Crippen LogP contribution is 2.13. The van der Waals surface area contributed by atoms with Gasteiger partial charge in [-0.1, -0.05) is 51.2 Å². The molecule has 0 aliphatic carbocycles. The summed E-state index contributed by atoms with van der Waals surface area (Å²) in [7, 11) is 0. The molecule has 0 saturated carbocycles. The number of aromatic nitrogens is 1. The van der Waals surface area contributed by atoms with Gasteiger partial charge in [-0.05, 0) is 42.7 Å². The molecule has 3 N–H and O–H groups in total. The van der Waals surface area contributed by atoms with Crippen LogP contribution < -0.4 is 16.2 Å². The Morgan fingerprint density at radius 3 is 2.22 bits per heavy atom. The van der Waals surface area contributed by atoms with Crippen molar-refractivity contribution < 1.29 is 9.59 Å². The van der Waals surface area contributed by atoms with Crippen LogP contribution >= 0.6 is 0 Å². The van der Waals surface area contributed by atoms with Crippen LogP contribution in [-0.2, 0) is 6.42 Å². The van der Waals surface area contributed by atoms with Crippen LogP contribution in [0.1, 0.15) is 61.4 Å². The minimum absolute atomic E-state index is 0.401. The molecule has 0 unspecified atom stereocenters. The molecule has 144 valence electrons. The molecule has 1 aromatic heterocycles. The predicted octanol–water partition coefficient (Wildman–Crippen LogP) is 4.45. The topological polar surface area (TPSA) is 83.1 Å². The lowest BCUT2D eigenvalue weighted by molar-refractivity contribution is 0.0938. The molecule has 0 aliphatic heterocycles. The summed E-state index contributed by atoms with van der Waals surface area (Å²) < 4.78 is 0. The number of benzene rings is 1. The number of nitrogens with zero attached hydrogens (tertiary/aromatic N) is 1. The number of urea groups is 1. The summed E-state index contributed by atoms with van der Waals surface area (Å²) in [5.41, 5.74) is 7.05. The summed E-state index contributed by atoms with van der Waals surface area (Å²) in [6.07, 6.45) is 11.8. The number of nitrogens with one attached hydrogen (secondary N) is 3. The number of hydrazine groups is 1. The smallest absolute Gasteiger partial charge is 0.307 e. The lowest BCUT2D eigenvalue weighted by Gasteiger charge is -2.09. The number of anilines is 1. The molecular formula is C21H28N4O2. The molecule has 0 aliphatic rings. The lowest BCUT2D eigenvalue weighted by Crippen LogP contribution is -2.43. The van der Waals surface area contributed by atoms with Gasteiger partial charge >= 0.3 is 6.03 Å². The molecule has 6 heteroatoms. The van der Waals surface area contributed by atoms with Gasteiger partial charge in [0.2, 0.25) is 0 Å². The van der Waals surface area contributed by atoms with Crippen LogP contribution in [-0.4, -0.2) is 16.9 Å². The average molecular weight is 368 g/mol. The third kappa shape index (κ3) is 7.90. The molecule has 0 saturated heterocycles. The van der Waals surface area contributed by atoms with Gasteiger partial charge in [0.25, 0.3) is 5.91 Å². The number of aryl methyl sites for hydroxylation is 1. The van der Waals surface area contributed by atoms with E-state index >= 15 is 0 Å². The fraction of sp³-hybridized carbons (Fsp3) is 0.381. The number of pyridine rings is 1. The van der Waals surface area contributed by atoms with Crippen molar-refractivity contribution in [2.75, 3.05) is 5.32 Å². The van der Waals surface area contributed by atoms with Crippen molar-refractivity contribution in [2.24, 2.45) is 0 Å². The van der Waals surface area contributed by atoms with E-state index in [9.17, 15) is 9.59 Å². The van der Waals surface area contributed by atoms with Crippen molar-refractivity contribution in [1.29, 1.82) is 0 Å². The first kappa shape index (κ1) is 20.4. The molecule has 0 fully saturated rings. The Labute approximate surface area is 160 Å². The van der Waals surface area contributed by atoms with Crippen LogP contribution in [0.2, 0.25) is 0 Å². The van der Waals surface area contributed by atoms with Crippen LogP contribution in [0, 0.1) is 0 Å². The van der Waals surface area contributed by atoms with Gasteiger partial charge in [0.1, 0.15) is 0 Å². The zero-order valence-corrected chi connectivity index (χ0v) is 15.8. The summed E-state index contributed by atoms with van der Waals surface area (Å²) in [5, 5.41) is 2.69. The highest BCUT2D eigenvalue weighted by molar-refractivity contribution is 5.96. The van der Waals surface area contributed by atoms with E-state index in [0.29, 0.717) is 11.3 Å². The largest absolute Gasteiger partial charge is 0.337 e. The Kier molecular flexibility index (Phi) is 8.83. The maximum atomic E-state index is 11.9. The van der Waals surface area contributed by atoms with Crippen molar-refractivity contribution in [3.05, 3.63) is 59.9 Å². The Bertz CT molecular complexity index is 702. The zero-order chi connectivity index (χ0) is 19.3. The molecule has 27 heavy (non-hydrogen) atoms. The van der Waals surface area contributed by atoms with E-state index in [0.717, 1.165) is 6.42 Å². The first-order valence-electron chi connectivity index (χ1n) is 9.55. The SMILES string of the molecule is CCCCCCCCc1ccc(NC(=O)NNC(=O)c2ccncc2)cc1. The van der Waals surface area contributed by atoms with Gasteiger partial charge in [0.05, 0.1) is 0 Å². The summed E-state index contributed by atoms with van der Waals surface area (Å²) in [6, 6.07) is 10.4. The standard InChI is InChI=1S/C21H28N4O2/c1-2-3-4-5-6-7-8-17-9-11-19(12-10-17)23-21(27)25-24-20(26)18-13-15-22-16-14-18/h9-16H,2-8H2,1H3,(H,24,26)(H2,23,25,27). The van der Waals surface area contributed by atoms with Crippen molar-refractivity contribution in [1.82, 2.24) is 15.8 Å². The maximum absolute atomic E-state index is 11.9. The van der Waals surface area contributed by atoms with Gasteiger partial charge in [-0.3, -0.25) is 15.2 Å². The van der Waals surface area contributed by atoms with E-state index in [1.807, 2.05) is 24.3 Å². The van der Waals surface area contributed by atoms with Crippen molar-refractivity contribution in [2.45, 2.75) is 51.9 Å². The number of hydrogen-bond donors (Lipinski definition) is 3. The Balaban J connectivity index is 1.67. The normalized spacial score (nSPS) is 10.3. The molecule has 0 atom stereocenters. The number of amides is 3. The third-order valence-corrected chi connectivity index (χ3v) is 4.26. The van der Waals surface area contributed by atoms with Crippen LogP contribution in [0.4, 0.5) is 10.5 Å². The molecule has 2 rings (SSSR count). The second-order valence-corrected chi connectivity index (χ2v) is 6.48. The number of carbonyl (C=O) groups is 2. The van der Waals surface area contributed by atoms with Crippen LogP contribution in [0.3, 0.4) is 0 Å². The van der Waals surface area contributed by atoms with Gasteiger partial charge in [-0.15, -0.1) is 0 Å². The summed E-state index contributed by atoms with van der Waals surface area (Å²) >= 11 is 0. The van der Waals surface area contributed by atoms with E-state index < -0.39 is 11.9 Å². The summed E-state index contributed by atoms with van der Waals surface area (Å²) in [4.78, 5) is 27.6. The number of hydrogen-bond acceptors (Lipinski definition) is 3. The fourth-order valence-corrected chi connectivity index (χ4v) is 2.72. The number of rotatable bonds is 9. The second kappa shape index (κ2) is 11.7. The van der Waals surface area contributed by atoms with E-state index in [1.54, 1.807) is 12.1 Å². The van der Waals surface area contributed by atoms with Crippen molar-refractivity contribution in [3.8, 4) is 0 Å². The van der Waals surface area contributed by atoms with Gasteiger partial charge in [-0.2, -0.15) is 0 Å². The molecule has 3 amide bonds. The van der Waals surface area contributed by atoms with Gasteiger partial charge in [-0.25, -0.2) is 10.2 Å². The quantitative estimate of drug-likeness (QED) is 0.452. The Morgan fingerprint density at radius 1 is 0.852 bits per heavy atom. The molecule has 0 bridgehead atoms. The minimum Gasteiger partial charge on any atom is -0.307 e. The predicted molar refractivity (Wildman–Crippen MR) is 107 cm³/mol. The minimum atomic E-state index is -0.499. The summed E-state index contributed by atoms with van der Waals surface area (Å²) in [5.74, 6) is -0.401. The molecule has 2 aromatic rings. The second-order valence-electron chi connectivity index (χ2n) is 6.48. The molecule has 1 heterocycles. The monoisotopic (exact) mass is 368 g/mol. The third-order valence-electron chi connectivity index (χ3n) is 4.26. The van der Waals surface area contributed by atoms with Crippen LogP contribution in [0.5, 0.6) is 0 Å². The van der Waals surface area contributed by atoms with E-state index in [2.05, 4.69) is 28.1 Å². The van der Waals surface area contributed by atoms with Gasteiger partial charge in [0.15, 0.2) is 0 Å². The number of carbonyl (C=O) groups excluding carboxylic acids is 2. The molecule has 0 radical (unpaired) electrons. The molecule has 0 spiro atoms. The Morgan fingerprint density at radius 2 is 1.52 bits per heavy atom. The summed E-state index contributed by atoms with van der Waals surface area (Å²) in [6.45, 7) is 2.23. The van der Waals surface area contributed by atoms with E-state index in [4.69, 9.17) is 0 Å². The average Bonchev–Trinajstić information content (AvgIpc) is 2.70. The molecule has 1 aromatic carbocycles. The number of unbranched alkanes of at least 4 members (excludes halogenated alkanes) is 5. The first-order chi connectivity index (χ1) is 13.2. The first-order valence-corrected chi connectivity index (χ1v) is 9.55. The van der Waals surface area contributed by atoms with Crippen molar-refractivity contribution in [3.63, 3.8) is 0 Å². The van der Waals surface area contributed by atoms with E-state index in [-0.39, 0.29) is 0 Å². The lowest BCUT2D eigenvalue weighted by atomic mass is 10.0. The maximum Gasteiger partial charge on any atom is 0.337 e. The molecular weight excluding hydrogens is 340 g/mol. The Hall–Kier alpha value is -2.89. The van der Waals surface area contributed by atoms with Crippen molar-refractivity contribution >= 4 is 17.6 Å². The molecule has 6 nitrogen and oxygen atoms in total.